The third kappa shape index (κ3) is 4.42. The zero-order valence-corrected chi connectivity index (χ0v) is 21.0. The molecule has 2 aliphatic heterocycles. The molecule has 0 bridgehead atoms. The standard InChI is InChI=1S/C25H28F4N6O2/c1-14(16-6-5-7-18(21(16)26)25(27,28)29)30-22-17-10-19-24(12-34(13-24)20(36)11-33(3)4)37-9-8-35(19)23(17)32-15(2)31-22/h5-7,10,14H,8-9,11-13H2,1-4H3,(H,30,31,32)/t14-/m1/s1. The second kappa shape index (κ2) is 8.95. The number of fused-ring (bicyclic) bond motifs is 4. The van der Waals surface area contributed by atoms with Crippen molar-refractivity contribution < 1.29 is 27.1 Å². The average Bonchev–Trinajstić information content (AvgIpc) is 3.15. The number of carbonyl (C=O) groups is 1. The van der Waals surface area contributed by atoms with Crippen molar-refractivity contribution in [1.29, 1.82) is 0 Å². The molecule has 37 heavy (non-hydrogen) atoms. The predicted molar refractivity (Wildman–Crippen MR) is 128 cm³/mol. The number of likely N-dealkylation sites (N-methyl/N-ethyl adjacent to an activating group) is 1. The van der Waals surface area contributed by atoms with Crippen molar-refractivity contribution in [2.45, 2.75) is 38.2 Å². The maximum absolute atomic E-state index is 14.8. The first kappa shape index (κ1) is 25.4. The van der Waals surface area contributed by atoms with Gasteiger partial charge in [0.05, 0.1) is 48.9 Å². The number of aromatic nitrogens is 3. The molecular formula is C25H28F4N6O2. The van der Waals surface area contributed by atoms with Gasteiger partial charge in [0.2, 0.25) is 5.91 Å². The molecule has 2 aliphatic rings. The number of rotatable bonds is 5. The number of nitrogens with one attached hydrogen (secondary N) is 1. The van der Waals surface area contributed by atoms with Crippen molar-refractivity contribution >= 4 is 22.8 Å². The van der Waals surface area contributed by atoms with E-state index in [0.717, 1.165) is 11.8 Å². The molecule has 0 unspecified atom stereocenters. The number of hydrogen-bond acceptors (Lipinski definition) is 6. The lowest BCUT2D eigenvalue weighted by atomic mass is 9.88. The quantitative estimate of drug-likeness (QED) is 0.518. The van der Waals surface area contributed by atoms with Gasteiger partial charge in [-0.25, -0.2) is 14.4 Å². The molecule has 1 fully saturated rings. The number of benzene rings is 1. The summed E-state index contributed by atoms with van der Waals surface area (Å²) >= 11 is 0. The first-order valence-corrected chi connectivity index (χ1v) is 12.0. The third-order valence-electron chi connectivity index (χ3n) is 6.88. The highest BCUT2D eigenvalue weighted by Gasteiger charge is 2.51. The first-order valence-electron chi connectivity index (χ1n) is 12.0. The van der Waals surface area contributed by atoms with Crippen molar-refractivity contribution in [3.63, 3.8) is 0 Å². The molecule has 12 heteroatoms. The van der Waals surface area contributed by atoms with Gasteiger partial charge in [-0.2, -0.15) is 13.2 Å². The molecule has 4 heterocycles. The fourth-order valence-corrected chi connectivity index (χ4v) is 5.11. The molecule has 5 rings (SSSR count). The summed E-state index contributed by atoms with van der Waals surface area (Å²) in [4.78, 5) is 25.2. The van der Waals surface area contributed by atoms with Gasteiger partial charge in [0, 0.05) is 12.1 Å². The van der Waals surface area contributed by atoms with Crippen molar-refractivity contribution in [3.05, 3.63) is 52.7 Å². The maximum atomic E-state index is 14.8. The van der Waals surface area contributed by atoms with Gasteiger partial charge in [0.1, 0.15) is 28.7 Å². The first-order chi connectivity index (χ1) is 17.4. The van der Waals surface area contributed by atoms with Crippen LogP contribution in [0.3, 0.4) is 0 Å². The second-order valence-corrected chi connectivity index (χ2v) is 9.94. The molecule has 0 saturated carbocycles. The Morgan fingerprint density at radius 2 is 2.00 bits per heavy atom. The topological polar surface area (TPSA) is 75.5 Å². The summed E-state index contributed by atoms with van der Waals surface area (Å²) < 4.78 is 62.7. The molecule has 1 spiro atoms. The number of aryl methyl sites for hydroxylation is 1. The Balaban J connectivity index is 1.48. The van der Waals surface area contributed by atoms with Crippen LogP contribution in [0.1, 0.15) is 35.6 Å². The number of likely N-dealkylation sites (tertiary alicyclic amines) is 1. The van der Waals surface area contributed by atoms with Gasteiger partial charge < -0.3 is 24.4 Å². The molecule has 1 amide bonds. The van der Waals surface area contributed by atoms with Gasteiger partial charge in [0.15, 0.2) is 0 Å². The lowest BCUT2D eigenvalue weighted by molar-refractivity contribution is -0.182. The van der Waals surface area contributed by atoms with Crippen LogP contribution in [0.5, 0.6) is 0 Å². The van der Waals surface area contributed by atoms with E-state index in [-0.39, 0.29) is 11.5 Å². The summed E-state index contributed by atoms with van der Waals surface area (Å²) in [7, 11) is 3.68. The number of anilines is 1. The van der Waals surface area contributed by atoms with Crippen LogP contribution in [0, 0.1) is 12.7 Å². The van der Waals surface area contributed by atoms with Crippen molar-refractivity contribution in [2.24, 2.45) is 0 Å². The maximum Gasteiger partial charge on any atom is 0.419 e. The lowest BCUT2D eigenvalue weighted by Gasteiger charge is -2.51. The van der Waals surface area contributed by atoms with Crippen LogP contribution in [-0.4, -0.2) is 70.6 Å². The Morgan fingerprint density at radius 3 is 2.68 bits per heavy atom. The Hall–Kier alpha value is -3.25. The van der Waals surface area contributed by atoms with Crippen LogP contribution in [0.4, 0.5) is 23.4 Å². The van der Waals surface area contributed by atoms with Gasteiger partial charge in [-0.05, 0) is 40.1 Å². The summed E-state index contributed by atoms with van der Waals surface area (Å²) in [6.45, 7) is 5.45. The van der Waals surface area contributed by atoms with Gasteiger partial charge in [-0.3, -0.25) is 4.79 Å². The third-order valence-corrected chi connectivity index (χ3v) is 6.88. The summed E-state index contributed by atoms with van der Waals surface area (Å²) in [6, 6.07) is 4.35. The largest absolute Gasteiger partial charge is 0.419 e. The molecule has 198 valence electrons. The fraction of sp³-hybridized carbons (Fsp3) is 0.480. The molecule has 0 radical (unpaired) electrons. The minimum Gasteiger partial charge on any atom is -0.363 e. The Labute approximate surface area is 211 Å². The van der Waals surface area contributed by atoms with Crippen molar-refractivity contribution in [1.82, 2.24) is 24.3 Å². The highest BCUT2D eigenvalue weighted by atomic mass is 19.4. The number of ether oxygens (including phenoxy) is 1. The summed E-state index contributed by atoms with van der Waals surface area (Å²) in [5.41, 5.74) is -0.562. The van der Waals surface area contributed by atoms with E-state index >= 15 is 0 Å². The van der Waals surface area contributed by atoms with E-state index in [1.807, 2.05) is 29.6 Å². The van der Waals surface area contributed by atoms with Crippen LogP contribution in [0.2, 0.25) is 0 Å². The molecular weight excluding hydrogens is 492 g/mol. The Morgan fingerprint density at radius 1 is 1.27 bits per heavy atom. The number of amides is 1. The molecule has 3 aromatic rings. The smallest absolute Gasteiger partial charge is 0.363 e. The monoisotopic (exact) mass is 520 g/mol. The molecule has 1 N–H and O–H groups in total. The zero-order chi connectivity index (χ0) is 26.7. The summed E-state index contributed by atoms with van der Waals surface area (Å²) in [5, 5.41) is 3.76. The molecule has 1 atom stereocenters. The number of nitrogens with zero attached hydrogens (tertiary/aromatic N) is 5. The Bertz CT molecular complexity index is 1360. The minimum absolute atomic E-state index is 0.0161. The van der Waals surface area contributed by atoms with Crippen LogP contribution >= 0.6 is 0 Å². The average molecular weight is 521 g/mol. The number of carbonyl (C=O) groups excluding carboxylic acids is 1. The molecule has 8 nitrogen and oxygen atoms in total. The minimum atomic E-state index is -4.79. The van der Waals surface area contributed by atoms with E-state index in [1.165, 1.54) is 12.1 Å². The van der Waals surface area contributed by atoms with Crippen LogP contribution < -0.4 is 5.32 Å². The molecule has 1 aromatic carbocycles. The van der Waals surface area contributed by atoms with E-state index in [4.69, 9.17) is 4.74 Å². The fourth-order valence-electron chi connectivity index (χ4n) is 5.11. The zero-order valence-electron chi connectivity index (χ0n) is 21.0. The van der Waals surface area contributed by atoms with E-state index in [0.29, 0.717) is 55.5 Å². The van der Waals surface area contributed by atoms with E-state index in [2.05, 4.69) is 15.3 Å². The second-order valence-electron chi connectivity index (χ2n) is 9.94. The highest BCUT2D eigenvalue weighted by molar-refractivity contribution is 5.89. The van der Waals surface area contributed by atoms with Crippen LogP contribution in [0.15, 0.2) is 24.3 Å². The summed E-state index contributed by atoms with van der Waals surface area (Å²) in [5.74, 6) is -0.437. The SMILES string of the molecule is Cc1nc(N[C@H](C)c2cccc(C(F)(F)F)c2F)c2cc3n(c2n1)CCOC31CN(C(=O)CN(C)C)C1. The summed E-state index contributed by atoms with van der Waals surface area (Å²) in [6.07, 6.45) is -4.79. The van der Waals surface area contributed by atoms with E-state index < -0.39 is 29.2 Å². The normalized spacial score (nSPS) is 17.7. The number of hydrogen-bond donors (Lipinski definition) is 1. The van der Waals surface area contributed by atoms with E-state index in [9.17, 15) is 22.4 Å². The van der Waals surface area contributed by atoms with Crippen molar-refractivity contribution in [2.75, 3.05) is 45.7 Å². The van der Waals surface area contributed by atoms with Gasteiger partial charge in [-0.15, -0.1) is 0 Å². The molecule has 0 aliphatic carbocycles. The van der Waals surface area contributed by atoms with Gasteiger partial charge >= 0.3 is 6.18 Å². The van der Waals surface area contributed by atoms with Crippen molar-refractivity contribution in [3.8, 4) is 0 Å². The molecule has 1 saturated heterocycles. The van der Waals surface area contributed by atoms with E-state index in [1.54, 1.807) is 18.7 Å². The lowest BCUT2D eigenvalue weighted by Crippen LogP contribution is -2.65. The predicted octanol–water partition coefficient (Wildman–Crippen LogP) is 3.70. The van der Waals surface area contributed by atoms with Gasteiger partial charge in [0.25, 0.3) is 0 Å². The highest BCUT2D eigenvalue weighted by Crippen LogP contribution is 2.42. The van der Waals surface area contributed by atoms with Gasteiger partial charge in [-0.1, -0.05) is 12.1 Å². The van der Waals surface area contributed by atoms with Crippen LogP contribution in [0.25, 0.3) is 11.0 Å². The number of alkyl halides is 3. The van der Waals surface area contributed by atoms with Crippen LogP contribution in [-0.2, 0) is 27.9 Å². The number of halogens is 4. The Kier molecular flexibility index (Phi) is 6.14. The molecule has 2 aromatic heterocycles.